The fourth-order valence-electron chi connectivity index (χ4n) is 1.80. The number of anilines is 1. The molecule has 2 aromatic rings. The Morgan fingerprint density at radius 2 is 1.96 bits per heavy atom. The number of carbonyl (C=O) groups is 2. The molecule has 0 saturated carbocycles. The van der Waals surface area contributed by atoms with E-state index in [1.165, 1.54) is 6.20 Å². The Labute approximate surface area is 142 Å². The van der Waals surface area contributed by atoms with Gasteiger partial charge in [-0.05, 0) is 43.3 Å². The average molecular weight is 378 g/mol. The minimum atomic E-state index is -0.515. The van der Waals surface area contributed by atoms with Crippen molar-refractivity contribution < 1.29 is 14.3 Å². The van der Waals surface area contributed by atoms with Gasteiger partial charge in [-0.15, -0.1) is 0 Å². The molecule has 2 amide bonds. The SMILES string of the molecule is CCOC(=O)NCc1cc(C(=O)Nc2ccc(Br)cc2)ccn1. The molecular weight excluding hydrogens is 362 g/mol. The summed E-state index contributed by atoms with van der Waals surface area (Å²) in [6, 6.07) is 10.5. The van der Waals surface area contributed by atoms with Gasteiger partial charge in [-0.25, -0.2) is 4.79 Å². The van der Waals surface area contributed by atoms with Gasteiger partial charge in [0, 0.05) is 21.9 Å². The number of aromatic nitrogens is 1. The second kappa shape index (κ2) is 8.28. The Balaban J connectivity index is 1.99. The molecule has 0 spiro atoms. The summed E-state index contributed by atoms with van der Waals surface area (Å²) in [6.07, 6.45) is 1.01. The van der Waals surface area contributed by atoms with E-state index in [9.17, 15) is 9.59 Å². The van der Waals surface area contributed by atoms with Crippen LogP contribution in [0.2, 0.25) is 0 Å². The first-order valence-electron chi connectivity index (χ1n) is 7.01. The highest BCUT2D eigenvalue weighted by molar-refractivity contribution is 9.10. The number of hydrogen-bond donors (Lipinski definition) is 2. The first-order chi connectivity index (χ1) is 11.1. The lowest BCUT2D eigenvalue weighted by Crippen LogP contribution is -2.24. The second-order valence-corrected chi connectivity index (χ2v) is 5.49. The Bertz CT molecular complexity index is 689. The van der Waals surface area contributed by atoms with E-state index in [4.69, 9.17) is 4.74 Å². The molecule has 0 aliphatic rings. The van der Waals surface area contributed by atoms with E-state index >= 15 is 0 Å². The number of amides is 2. The molecule has 0 fully saturated rings. The third-order valence-corrected chi connectivity index (χ3v) is 3.40. The maximum atomic E-state index is 12.2. The summed E-state index contributed by atoms with van der Waals surface area (Å²) < 4.78 is 5.71. The third kappa shape index (κ3) is 5.37. The number of alkyl carbamates (subject to hydrolysis) is 1. The van der Waals surface area contributed by atoms with Gasteiger partial charge in [0.25, 0.3) is 5.91 Å². The zero-order chi connectivity index (χ0) is 16.7. The minimum Gasteiger partial charge on any atom is -0.450 e. The van der Waals surface area contributed by atoms with Crippen LogP contribution < -0.4 is 10.6 Å². The average Bonchev–Trinajstić information content (AvgIpc) is 2.55. The van der Waals surface area contributed by atoms with Crippen LogP contribution >= 0.6 is 15.9 Å². The van der Waals surface area contributed by atoms with Gasteiger partial charge in [0.2, 0.25) is 0 Å². The Hall–Kier alpha value is -2.41. The van der Waals surface area contributed by atoms with Crippen LogP contribution in [0.1, 0.15) is 23.0 Å². The first-order valence-corrected chi connectivity index (χ1v) is 7.80. The highest BCUT2D eigenvalue weighted by atomic mass is 79.9. The molecule has 1 aromatic heterocycles. The van der Waals surface area contributed by atoms with Crippen LogP contribution in [0.5, 0.6) is 0 Å². The number of pyridine rings is 1. The lowest BCUT2D eigenvalue weighted by Gasteiger charge is -2.08. The van der Waals surface area contributed by atoms with E-state index in [0.717, 1.165) is 4.47 Å². The third-order valence-electron chi connectivity index (χ3n) is 2.87. The lowest BCUT2D eigenvalue weighted by atomic mass is 10.2. The molecule has 0 aliphatic carbocycles. The standard InChI is InChI=1S/C16H16BrN3O3/c1-2-23-16(22)19-10-14-9-11(7-8-18-14)15(21)20-13-5-3-12(17)4-6-13/h3-9H,2,10H2,1H3,(H,19,22)(H,20,21). The van der Waals surface area contributed by atoms with Crippen molar-refractivity contribution in [2.24, 2.45) is 0 Å². The molecule has 1 heterocycles. The van der Waals surface area contributed by atoms with E-state index in [0.29, 0.717) is 23.6 Å². The number of nitrogens with one attached hydrogen (secondary N) is 2. The largest absolute Gasteiger partial charge is 0.450 e. The smallest absolute Gasteiger partial charge is 0.407 e. The first kappa shape index (κ1) is 17.0. The topological polar surface area (TPSA) is 80.3 Å². The van der Waals surface area contributed by atoms with Crippen molar-refractivity contribution in [2.45, 2.75) is 13.5 Å². The van der Waals surface area contributed by atoms with E-state index in [-0.39, 0.29) is 12.5 Å². The number of halogens is 1. The highest BCUT2D eigenvalue weighted by Gasteiger charge is 2.08. The van der Waals surface area contributed by atoms with Crippen molar-refractivity contribution in [3.63, 3.8) is 0 Å². The maximum Gasteiger partial charge on any atom is 0.407 e. The van der Waals surface area contributed by atoms with Gasteiger partial charge in [0.05, 0.1) is 18.8 Å². The Kier molecular flexibility index (Phi) is 6.10. The number of benzene rings is 1. The van der Waals surface area contributed by atoms with Crippen molar-refractivity contribution in [1.29, 1.82) is 0 Å². The minimum absolute atomic E-state index is 0.193. The molecule has 0 unspecified atom stereocenters. The highest BCUT2D eigenvalue weighted by Crippen LogP contribution is 2.15. The molecule has 0 aliphatic heterocycles. The number of nitrogens with zero attached hydrogens (tertiary/aromatic N) is 1. The summed E-state index contributed by atoms with van der Waals surface area (Å²) >= 11 is 3.34. The van der Waals surface area contributed by atoms with Crippen molar-refractivity contribution in [2.75, 3.05) is 11.9 Å². The van der Waals surface area contributed by atoms with E-state index in [1.807, 2.05) is 12.1 Å². The lowest BCUT2D eigenvalue weighted by molar-refractivity contribution is 0.102. The van der Waals surface area contributed by atoms with E-state index in [2.05, 4.69) is 31.5 Å². The molecule has 2 N–H and O–H groups in total. The summed E-state index contributed by atoms with van der Waals surface area (Å²) in [5, 5.41) is 5.36. The second-order valence-electron chi connectivity index (χ2n) is 4.57. The summed E-state index contributed by atoms with van der Waals surface area (Å²) in [5.74, 6) is -0.243. The molecule has 1 aromatic carbocycles. The molecule has 120 valence electrons. The summed E-state index contributed by atoms with van der Waals surface area (Å²) in [5.41, 5.74) is 1.73. The number of carbonyl (C=O) groups excluding carboxylic acids is 2. The molecule has 0 atom stereocenters. The van der Waals surface area contributed by atoms with Crippen LogP contribution in [0.3, 0.4) is 0 Å². The van der Waals surface area contributed by atoms with Crippen molar-refractivity contribution in [1.82, 2.24) is 10.3 Å². The number of rotatable bonds is 5. The van der Waals surface area contributed by atoms with E-state index in [1.54, 1.807) is 31.2 Å². The summed E-state index contributed by atoms with van der Waals surface area (Å²) in [7, 11) is 0. The van der Waals surface area contributed by atoms with Crippen LogP contribution in [0.15, 0.2) is 47.1 Å². The predicted molar refractivity (Wildman–Crippen MR) is 90.2 cm³/mol. The quantitative estimate of drug-likeness (QED) is 0.836. The molecule has 0 radical (unpaired) electrons. The van der Waals surface area contributed by atoms with Gasteiger partial charge >= 0.3 is 6.09 Å². The van der Waals surface area contributed by atoms with Crippen LogP contribution in [0.25, 0.3) is 0 Å². The number of hydrogen-bond acceptors (Lipinski definition) is 4. The van der Waals surface area contributed by atoms with Crippen LogP contribution in [-0.4, -0.2) is 23.6 Å². The molecule has 6 nitrogen and oxygen atoms in total. The summed E-state index contributed by atoms with van der Waals surface area (Å²) in [4.78, 5) is 27.6. The van der Waals surface area contributed by atoms with Gasteiger partial charge in [0.1, 0.15) is 0 Å². The van der Waals surface area contributed by atoms with Gasteiger partial charge in [0.15, 0.2) is 0 Å². The molecule has 2 rings (SSSR count). The maximum absolute atomic E-state index is 12.2. The normalized spacial score (nSPS) is 10.0. The van der Waals surface area contributed by atoms with Gasteiger partial charge in [-0.1, -0.05) is 15.9 Å². The van der Waals surface area contributed by atoms with Crippen molar-refractivity contribution in [3.8, 4) is 0 Å². The molecule has 0 saturated heterocycles. The van der Waals surface area contributed by atoms with Gasteiger partial charge < -0.3 is 15.4 Å². The Morgan fingerprint density at radius 3 is 2.65 bits per heavy atom. The Morgan fingerprint density at radius 1 is 1.22 bits per heavy atom. The van der Waals surface area contributed by atoms with Gasteiger partial charge in [-0.2, -0.15) is 0 Å². The molecule has 0 bridgehead atoms. The number of ether oxygens (including phenoxy) is 1. The predicted octanol–water partition coefficient (Wildman–Crippen LogP) is 3.34. The van der Waals surface area contributed by atoms with Crippen molar-refractivity contribution in [3.05, 3.63) is 58.3 Å². The monoisotopic (exact) mass is 377 g/mol. The fraction of sp³-hybridized carbons (Fsp3) is 0.188. The molecular formula is C16H16BrN3O3. The fourth-order valence-corrected chi connectivity index (χ4v) is 2.06. The molecule has 23 heavy (non-hydrogen) atoms. The zero-order valence-electron chi connectivity index (χ0n) is 12.5. The van der Waals surface area contributed by atoms with Crippen LogP contribution in [0.4, 0.5) is 10.5 Å². The zero-order valence-corrected chi connectivity index (χ0v) is 14.1. The van der Waals surface area contributed by atoms with Crippen LogP contribution in [-0.2, 0) is 11.3 Å². The van der Waals surface area contributed by atoms with Gasteiger partial charge in [-0.3, -0.25) is 9.78 Å². The van der Waals surface area contributed by atoms with Crippen molar-refractivity contribution >= 4 is 33.6 Å². The molecule has 7 heteroatoms. The van der Waals surface area contributed by atoms with Crippen LogP contribution in [0, 0.1) is 0 Å². The van der Waals surface area contributed by atoms with E-state index < -0.39 is 6.09 Å². The summed E-state index contributed by atoms with van der Waals surface area (Å²) in [6.45, 7) is 2.22.